The van der Waals surface area contributed by atoms with Gasteiger partial charge in [0.05, 0.1) is 11.5 Å². The minimum absolute atomic E-state index is 0.0233. The maximum absolute atomic E-state index is 12.9. The van der Waals surface area contributed by atoms with Gasteiger partial charge in [0, 0.05) is 5.69 Å². The second-order valence-electron chi connectivity index (χ2n) is 7.44. The number of nitrogens with one attached hydrogen (secondary N) is 2. The number of nitrogens with zero attached hydrogens (tertiary/aromatic N) is 3. The van der Waals surface area contributed by atoms with Gasteiger partial charge in [-0.15, -0.1) is 5.10 Å². The number of anilines is 2. The molecule has 7 nitrogen and oxygen atoms in total. The van der Waals surface area contributed by atoms with E-state index in [4.69, 9.17) is 6.57 Å². The van der Waals surface area contributed by atoms with Gasteiger partial charge < -0.3 is 5.32 Å². The SMILES string of the molecule is [C-]#[N+]c1cccc(S(=O)(=O)c2nc(Nc3c4c(cc5c3CCC5)CCC4)n[nH]2)c1. The highest BCUT2D eigenvalue weighted by Gasteiger charge is 2.26. The van der Waals surface area contributed by atoms with E-state index in [9.17, 15) is 8.42 Å². The lowest BCUT2D eigenvalue weighted by molar-refractivity contribution is 0.588. The molecule has 146 valence electrons. The highest BCUT2D eigenvalue weighted by Crippen LogP contribution is 2.39. The average molecular weight is 405 g/mol. The third kappa shape index (κ3) is 2.98. The van der Waals surface area contributed by atoms with E-state index in [1.54, 1.807) is 12.1 Å². The van der Waals surface area contributed by atoms with Crippen LogP contribution in [-0.4, -0.2) is 23.6 Å². The van der Waals surface area contributed by atoms with E-state index in [0.29, 0.717) is 0 Å². The van der Waals surface area contributed by atoms with Gasteiger partial charge in [-0.2, -0.15) is 4.98 Å². The summed E-state index contributed by atoms with van der Waals surface area (Å²) in [7, 11) is -3.88. The zero-order chi connectivity index (χ0) is 20.0. The lowest BCUT2D eigenvalue weighted by Crippen LogP contribution is -2.05. The summed E-state index contributed by atoms with van der Waals surface area (Å²) >= 11 is 0. The van der Waals surface area contributed by atoms with Crippen molar-refractivity contribution in [3.05, 3.63) is 64.0 Å². The Balaban J connectivity index is 1.50. The lowest BCUT2D eigenvalue weighted by atomic mass is 9.99. The Hall–Kier alpha value is -3.18. The first-order valence-corrected chi connectivity index (χ1v) is 11.1. The standard InChI is InChI=1S/C21H19N5O2S/c1-22-15-7-4-8-16(12-15)29(27,28)21-24-20(25-26-21)23-19-17-9-2-5-13(17)11-14-6-3-10-18(14)19/h4,7-8,11-12H,2-3,5-6,9-10H2,(H2,23,24,25,26). The molecule has 2 N–H and O–H groups in total. The summed E-state index contributed by atoms with van der Waals surface area (Å²) in [5.41, 5.74) is 6.71. The van der Waals surface area contributed by atoms with E-state index >= 15 is 0 Å². The topological polar surface area (TPSA) is 92.1 Å². The second kappa shape index (κ2) is 6.71. The molecule has 0 unspecified atom stereocenters. The molecule has 29 heavy (non-hydrogen) atoms. The van der Waals surface area contributed by atoms with Gasteiger partial charge in [-0.05, 0) is 72.9 Å². The fraction of sp³-hybridized carbons (Fsp3) is 0.286. The van der Waals surface area contributed by atoms with Crippen molar-refractivity contribution in [2.75, 3.05) is 5.32 Å². The molecule has 1 heterocycles. The largest absolute Gasteiger partial charge is 0.322 e. The Kier molecular flexibility index (Phi) is 4.14. The molecular formula is C21H19N5O2S. The number of aromatic nitrogens is 3. The molecule has 0 aliphatic heterocycles. The predicted octanol–water partition coefficient (Wildman–Crippen LogP) is 3.91. The van der Waals surface area contributed by atoms with Crippen LogP contribution in [0.1, 0.15) is 35.1 Å². The van der Waals surface area contributed by atoms with Gasteiger partial charge >= 0.3 is 0 Å². The summed E-state index contributed by atoms with van der Waals surface area (Å²) < 4.78 is 25.8. The molecule has 0 radical (unpaired) electrons. The number of benzene rings is 2. The van der Waals surface area contributed by atoms with Gasteiger partial charge in [0.15, 0.2) is 5.69 Å². The molecule has 2 aromatic carbocycles. The number of rotatable bonds is 4. The summed E-state index contributed by atoms with van der Waals surface area (Å²) in [6.07, 6.45) is 6.48. The summed E-state index contributed by atoms with van der Waals surface area (Å²) in [5, 5.41) is 9.73. The van der Waals surface area contributed by atoms with Crippen molar-refractivity contribution < 1.29 is 8.42 Å². The molecule has 0 saturated heterocycles. The fourth-order valence-corrected chi connectivity index (χ4v) is 5.46. The van der Waals surface area contributed by atoms with Crippen molar-refractivity contribution in [3.63, 3.8) is 0 Å². The zero-order valence-corrected chi connectivity index (χ0v) is 16.5. The van der Waals surface area contributed by atoms with Crippen molar-refractivity contribution in [2.24, 2.45) is 0 Å². The smallest absolute Gasteiger partial charge is 0.249 e. The summed E-state index contributed by atoms with van der Waals surface area (Å²) in [4.78, 5) is 7.53. The minimum Gasteiger partial charge on any atom is -0.322 e. The molecule has 0 fully saturated rings. The molecule has 2 aliphatic rings. The maximum atomic E-state index is 12.9. The van der Waals surface area contributed by atoms with E-state index in [0.717, 1.165) is 44.2 Å². The van der Waals surface area contributed by atoms with Gasteiger partial charge in [-0.3, -0.25) is 0 Å². The van der Waals surface area contributed by atoms with Crippen LogP contribution in [0.2, 0.25) is 0 Å². The van der Waals surface area contributed by atoms with Gasteiger partial charge in [-0.1, -0.05) is 18.2 Å². The third-order valence-electron chi connectivity index (χ3n) is 5.69. The third-order valence-corrected chi connectivity index (χ3v) is 7.25. The first-order valence-electron chi connectivity index (χ1n) is 9.65. The molecule has 0 spiro atoms. The van der Waals surface area contributed by atoms with E-state index in [1.165, 1.54) is 34.4 Å². The van der Waals surface area contributed by atoms with Crippen molar-refractivity contribution in [1.82, 2.24) is 15.2 Å². The zero-order valence-electron chi connectivity index (χ0n) is 15.7. The highest BCUT2D eigenvalue weighted by atomic mass is 32.2. The maximum Gasteiger partial charge on any atom is 0.249 e. The number of H-pyrrole nitrogens is 1. The average Bonchev–Trinajstić information content (AvgIpc) is 3.48. The van der Waals surface area contributed by atoms with Gasteiger partial charge in [-0.25, -0.2) is 18.4 Å². The minimum atomic E-state index is -3.88. The summed E-state index contributed by atoms with van der Waals surface area (Å²) in [6.45, 7) is 7.08. The first kappa shape index (κ1) is 17.9. The Labute approximate surface area is 168 Å². The number of aryl methyl sites for hydroxylation is 2. The molecule has 0 bridgehead atoms. The Morgan fingerprint density at radius 1 is 1.03 bits per heavy atom. The van der Waals surface area contributed by atoms with Crippen LogP contribution in [-0.2, 0) is 35.5 Å². The predicted molar refractivity (Wildman–Crippen MR) is 108 cm³/mol. The second-order valence-corrected chi connectivity index (χ2v) is 9.30. The molecule has 1 aromatic heterocycles. The van der Waals surface area contributed by atoms with E-state index in [-0.39, 0.29) is 21.7 Å². The molecule has 0 saturated carbocycles. The van der Waals surface area contributed by atoms with Crippen LogP contribution in [0.15, 0.2) is 40.4 Å². The molecule has 5 rings (SSSR count). The van der Waals surface area contributed by atoms with Crippen molar-refractivity contribution >= 4 is 27.2 Å². The number of hydrogen-bond donors (Lipinski definition) is 2. The number of hydrogen-bond acceptors (Lipinski definition) is 5. The monoisotopic (exact) mass is 405 g/mol. The normalized spacial score (nSPS) is 15.0. The van der Waals surface area contributed by atoms with Crippen LogP contribution in [0.5, 0.6) is 0 Å². The molecule has 8 heteroatoms. The first-order chi connectivity index (χ1) is 14.1. The summed E-state index contributed by atoms with van der Waals surface area (Å²) in [5.74, 6) is 0.249. The Bertz CT molecular complexity index is 1240. The van der Waals surface area contributed by atoms with Crippen LogP contribution in [0.3, 0.4) is 0 Å². The van der Waals surface area contributed by atoms with Gasteiger partial charge in [0.25, 0.3) is 0 Å². The van der Waals surface area contributed by atoms with Gasteiger partial charge in [0.2, 0.25) is 20.9 Å². The van der Waals surface area contributed by atoms with Crippen molar-refractivity contribution in [1.29, 1.82) is 0 Å². The molecule has 0 amide bonds. The quantitative estimate of drug-likeness (QED) is 0.642. The van der Waals surface area contributed by atoms with Crippen LogP contribution in [0.25, 0.3) is 4.85 Å². The van der Waals surface area contributed by atoms with E-state index in [2.05, 4.69) is 31.4 Å². The van der Waals surface area contributed by atoms with Crippen LogP contribution in [0.4, 0.5) is 17.3 Å². The highest BCUT2D eigenvalue weighted by molar-refractivity contribution is 7.91. The molecule has 2 aliphatic carbocycles. The molecule has 3 aromatic rings. The molecular weight excluding hydrogens is 386 g/mol. The molecule has 0 atom stereocenters. The lowest BCUT2D eigenvalue weighted by Gasteiger charge is -2.15. The van der Waals surface area contributed by atoms with Crippen LogP contribution in [0, 0.1) is 6.57 Å². The fourth-order valence-electron chi connectivity index (χ4n) is 4.33. The summed E-state index contributed by atoms with van der Waals surface area (Å²) in [6, 6.07) is 8.25. The van der Waals surface area contributed by atoms with Crippen LogP contribution < -0.4 is 5.32 Å². The van der Waals surface area contributed by atoms with Crippen molar-refractivity contribution in [2.45, 2.75) is 48.6 Å². The van der Waals surface area contributed by atoms with Crippen LogP contribution >= 0.6 is 0 Å². The number of sulfone groups is 1. The Morgan fingerprint density at radius 2 is 1.76 bits per heavy atom. The number of fused-ring (bicyclic) bond motifs is 2. The van der Waals surface area contributed by atoms with Crippen molar-refractivity contribution in [3.8, 4) is 0 Å². The van der Waals surface area contributed by atoms with E-state index in [1.807, 2.05) is 0 Å². The Morgan fingerprint density at radius 3 is 2.45 bits per heavy atom. The van der Waals surface area contributed by atoms with Gasteiger partial charge in [0.1, 0.15) is 0 Å². The van der Waals surface area contributed by atoms with E-state index < -0.39 is 9.84 Å². The number of aromatic amines is 1.